The van der Waals surface area contributed by atoms with Crippen LogP contribution in [0.2, 0.25) is 10.0 Å². The van der Waals surface area contributed by atoms with Crippen molar-refractivity contribution in [3.8, 4) is 17.3 Å². The number of halogens is 2. The molecule has 0 unspecified atom stereocenters. The van der Waals surface area contributed by atoms with E-state index >= 15 is 0 Å². The van der Waals surface area contributed by atoms with E-state index < -0.39 is 5.97 Å². The summed E-state index contributed by atoms with van der Waals surface area (Å²) in [5.74, 6) is -0.670. The molecule has 0 bridgehead atoms. The highest BCUT2D eigenvalue weighted by Gasteiger charge is 2.16. The van der Waals surface area contributed by atoms with Crippen molar-refractivity contribution in [2.75, 3.05) is 6.61 Å². The van der Waals surface area contributed by atoms with Crippen LogP contribution < -0.4 is 0 Å². The Morgan fingerprint density at radius 2 is 1.86 bits per heavy atom. The highest BCUT2D eigenvalue weighted by Crippen LogP contribution is 2.28. The van der Waals surface area contributed by atoms with Gasteiger partial charge >= 0.3 is 5.97 Å². The Kier molecular flexibility index (Phi) is 6.71. The molecule has 0 spiro atoms. The van der Waals surface area contributed by atoms with Crippen molar-refractivity contribution >= 4 is 35.2 Å². The summed E-state index contributed by atoms with van der Waals surface area (Å²) in [5.41, 5.74) is 2.73. The second-order valence-corrected chi connectivity index (χ2v) is 6.90. The van der Waals surface area contributed by atoms with Crippen LogP contribution in [-0.4, -0.2) is 22.4 Å². The van der Waals surface area contributed by atoms with Gasteiger partial charge in [0.05, 0.1) is 18.8 Å². The predicted octanol–water partition coefficient (Wildman–Crippen LogP) is 5.38. The molecule has 29 heavy (non-hydrogen) atoms. The van der Waals surface area contributed by atoms with E-state index in [2.05, 4.69) is 5.10 Å². The summed E-state index contributed by atoms with van der Waals surface area (Å²) in [6, 6.07) is 16.7. The zero-order valence-electron chi connectivity index (χ0n) is 15.6. The minimum atomic E-state index is -0.670. The third-order valence-electron chi connectivity index (χ3n) is 4.13. The van der Waals surface area contributed by atoms with Gasteiger partial charge in [0.2, 0.25) is 0 Å². The van der Waals surface area contributed by atoms with Crippen LogP contribution in [0.3, 0.4) is 0 Å². The molecule has 0 fully saturated rings. The van der Waals surface area contributed by atoms with Gasteiger partial charge in [0.1, 0.15) is 11.6 Å². The highest BCUT2D eigenvalue weighted by atomic mass is 35.5. The number of nitrogens with zero attached hydrogens (tertiary/aromatic N) is 3. The van der Waals surface area contributed by atoms with E-state index in [0.717, 1.165) is 11.1 Å². The molecular weight excluding hydrogens is 409 g/mol. The lowest BCUT2D eigenvalue weighted by Gasteiger charge is -2.06. The van der Waals surface area contributed by atoms with Crippen LogP contribution in [0.15, 0.2) is 60.3 Å². The van der Waals surface area contributed by atoms with E-state index in [1.54, 1.807) is 36.0 Å². The van der Waals surface area contributed by atoms with Crippen molar-refractivity contribution in [1.29, 1.82) is 5.26 Å². The molecule has 5 nitrogen and oxygen atoms in total. The molecule has 0 saturated heterocycles. The van der Waals surface area contributed by atoms with Crippen molar-refractivity contribution in [1.82, 2.24) is 9.78 Å². The lowest BCUT2D eigenvalue weighted by atomic mass is 10.1. The molecule has 0 aliphatic carbocycles. The van der Waals surface area contributed by atoms with Gasteiger partial charge in [-0.25, -0.2) is 4.79 Å². The zero-order valence-corrected chi connectivity index (χ0v) is 17.1. The summed E-state index contributed by atoms with van der Waals surface area (Å²) < 4.78 is 6.64. The Bertz CT molecular complexity index is 1080. The van der Waals surface area contributed by atoms with Gasteiger partial charge in [-0.15, -0.1) is 0 Å². The molecule has 3 aromatic rings. The van der Waals surface area contributed by atoms with Crippen molar-refractivity contribution in [2.24, 2.45) is 0 Å². The van der Waals surface area contributed by atoms with Crippen LogP contribution in [0, 0.1) is 11.3 Å². The fraction of sp³-hybridized carbons (Fsp3) is 0.136. The number of ether oxygens (including phenoxy) is 1. The number of esters is 1. The molecule has 0 atom stereocenters. The monoisotopic (exact) mass is 425 g/mol. The smallest absolute Gasteiger partial charge is 0.348 e. The number of rotatable bonds is 6. The van der Waals surface area contributed by atoms with Gasteiger partial charge in [-0.3, -0.25) is 4.68 Å². The van der Waals surface area contributed by atoms with Crippen LogP contribution in [0.1, 0.15) is 18.1 Å². The molecule has 0 aliphatic heterocycles. The van der Waals surface area contributed by atoms with Crippen LogP contribution in [0.25, 0.3) is 17.3 Å². The summed E-state index contributed by atoms with van der Waals surface area (Å²) in [6.07, 6.45) is 3.23. The lowest BCUT2D eigenvalue weighted by molar-refractivity contribution is -0.137. The highest BCUT2D eigenvalue weighted by molar-refractivity contribution is 6.35. The van der Waals surface area contributed by atoms with Crippen LogP contribution in [0.5, 0.6) is 0 Å². The molecule has 1 heterocycles. The van der Waals surface area contributed by atoms with E-state index in [-0.39, 0.29) is 12.2 Å². The van der Waals surface area contributed by atoms with Crippen LogP contribution in [0.4, 0.5) is 0 Å². The van der Waals surface area contributed by atoms with Crippen molar-refractivity contribution in [2.45, 2.75) is 13.5 Å². The number of aromatic nitrogens is 2. The maximum absolute atomic E-state index is 12.0. The minimum Gasteiger partial charge on any atom is -0.462 e. The molecule has 1 aromatic heterocycles. The van der Waals surface area contributed by atoms with E-state index in [9.17, 15) is 10.1 Å². The first-order chi connectivity index (χ1) is 14.0. The lowest BCUT2D eigenvalue weighted by Crippen LogP contribution is -2.06. The molecular formula is C22H17Cl2N3O2. The minimum absolute atomic E-state index is 0.0978. The molecule has 2 aromatic carbocycles. The number of benzene rings is 2. The number of carbonyl (C=O) groups excluding carboxylic acids is 1. The van der Waals surface area contributed by atoms with Crippen molar-refractivity contribution in [3.63, 3.8) is 0 Å². The number of carbonyl (C=O) groups is 1. The summed E-state index contributed by atoms with van der Waals surface area (Å²) in [6.45, 7) is 2.22. The molecule has 0 N–H and O–H groups in total. The third-order valence-corrected chi connectivity index (χ3v) is 4.84. The Labute approximate surface area is 178 Å². The van der Waals surface area contributed by atoms with Gasteiger partial charge < -0.3 is 4.74 Å². The van der Waals surface area contributed by atoms with Gasteiger partial charge in [-0.2, -0.15) is 10.4 Å². The summed E-state index contributed by atoms with van der Waals surface area (Å²) in [5, 5.41) is 15.1. The van der Waals surface area contributed by atoms with E-state index in [1.165, 1.54) is 6.08 Å². The second kappa shape index (κ2) is 9.42. The molecule has 0 radical (unpaired) electrons. The largest absolute Gasteiger partial charge is 0.462 e. The molecule has 0 aliphatic rings. The zero-order chi connectivity index (χ0) is 20.8. The van der Waals surface area contributed by atoms with E-state index in [4.69, 9.17) is 27.9 Å². The first kappa shape index (κ1) is 20.7. The quantitative estimate of drug-likeness (QED) is 0.302. The topological polar surface area (TPSA) is 67.9 Å². The van der Waals surface area contributed by atoms with E-state index in [0.29, 0.717) is 27.8 Å². The molecule has 0 amide bonds. The van der Waals surface area contributed by atoms with Crippen molar-refractivity contribution < 1.29 is 9.53 Å². The fourth-order valence-corrected chi connectivity index (χ4v) is 3.31. The molecule has 7 heteroatoms. The standard InChI is InChI=1S/C22H17Cl2N3O2/c1-2-29-22(28)16(12-25)11-17-13-27(14-18-19(23)9-6-10-20(18)24)26-21(17)15-7-4-3-5-8-15/h3-11,13H,2,14H2,1H3. The molecule has 3 rings (SSSR count). The van der Waals surface area contributed by atoms with Gasteiger partial charge in [0, 0.05) is 32.9 Å². The average Bonchev–Trinajstić information content (AvgIpc) is 3.12. The molecule has 0 saturated carbocycles. The molecule has 146 valence electrons. The Hall–Kier alpha value is -3.07. The summed E-state index contributed by atoms with van der Waals surface area (Å²) >= 11 is 12.6. The first-order valence-electron chi connectivity index (χ1n) is 8.88. The van der Waals surface area contributed by atoms with Gasteiger partial charge in [0.25, 0.3) is 0 Å². The SMILES string of the molecule is CCOC(=O)C(C#N)=Cc1cn(Cc2c(Cl)cccc2Cl)nc1-c1ccccc1. The third kappa shape index (κ3) is 4.86. The number of nitriles is 1. The Balaban J connectivity index is 2.07. The number of hydrogen-bond acceptors (Lipinski definition) is 4. The Morgan fingerprint density at radius 3 is 2.48 bits per heavy atom. The fourth-order valence-electron chi connectivity index (χ4n) is 2.79. The van der Waals surface area contributed by atoms with Crippen molar-refractivity contribution in [3.05, 3.63) is 81.5 Å². The maximum Gasteiger partial charge on any atom is 0.348 e. The maximum atomic E-state index is 12.0. The normalized spacial score (nSPS) is 11.2. The predicted molar refractivity (Wildman–Crippen MR) is 113 cm³/mol. The summed E-state index contributed by atoms with van der Waals surface area (Å²) in [7, 11) is 0. The van der Waals surface area contributed by atoms with Gasteiger partial charge in [0.15, 0.2) is 0 Å². The van der Waals surface area contributed by atoms with E-state index in [1.807, 2.05) is 36.4 Å². The van der Waals surface area contributed by atoms with Crippen LogP contribution in [-0.2, 0) is 16.1 Å². The number of hydrogen-bond donors (Lipinski definition) is 0. The first-order valence-corrected chi connectivity index (χ1v) is 9.63. The van der Waals surface area contributed by atoms with Gasteiger partial charge in [-0.1, -0.05) is 59.6 Å². The van der Waals surface area contributed by atoms with Gasteiger partial charge in [-0.05, 0) is 25.1 Å². The Morgan fingerprint density at radius 1 is 1.17 bits per heavy atom. The van der Waals surface area contributed by atoms with Crippen LogP contribution >= 0.6 is 23.2 Å². The summed E-state index contributed by atoms with van der Waals surface area (Å²) in [4.78, 5) is 12.0. The average molecular weight is 426 g/mol. The second-order valence-electron chi connectivity index (χ2n) is 6.09.